The van der Waals surface area contributed by atoms with Gasteiger partial charge >= 0.3 is 0 Å². The fraction of sp³-hybridized carbons (Fsp3) is 0.865. The van der Waals surface area contributed by atoms with Crippen molar-refractivity contribution in [3.05, 3.63) is 0 Å². The van der Waals surface area contributed by atoms with E-state index in [-0.39, 0.29) is 59.6 Å². The van der Waals surface area contributed by atoms with Crippen LogP contribution in [-0.2, 0) is 24.0 Å². The summed E-state index contributed by atoms with van der Waals surface area (Å²) in [7, 11) is 0. The molecule has 0 aromatic heterocycles. The Bertz CT molecular complexity index is 865. The average molecular weight is 651 g/mol. The maximum atomic E-state index is 13.5. The van der Waals surface area contributed by atoms with Crippen LogP contribution in [0, 0.1) is 17.8 Å². The van der Waals surface area contributed by atoms with Crippen LogP contribution < -0.4 is 21.3 Å². The molecule has 268 valence electrons. The molecule has 5 atom stereocenters. The van der Waals surface area contributed by atoms with E-state index in [9.17, 15) is 24.0 Å². The molecule has 0 bridgehead atoms. The lowest BCUT2D eigenvalue weighted by Crippen LogP contribution is -2.51. The predicted octanol–water partition coefficient (Wildman–Crippen LogP) is 6.77. The van der Waals surface area contributed by atoms with E-state index >= 15 is 0 Å². The van der Waals surface area contributed by atoms with E-state index in [0.29, 0.717) is 45.2 Å². The van der Waals surface area contributed by atoms with Gasteiger partial charge in [-0.25, -0.2) is 0 Å². The first-order chi connectivity index (χ1) is 22.0. The summed E-state index contributed by atoms with van der Waals surface area (Å²) in [6.45, 7) is 14.8. The van der Waals surface area contributed by atoms with Gasteiger partial charge < -0.3 is 21.3 Å². The molecule has 0 radical (unpaired) electrons. The molecule has 0 aliphatic heterocycles. The van der Waals surface area contributed by atoms with E-state index in [0.717, 1.165) is 77.0 Å². The van der Waals surface area contributed by atoms with Crippen molar-refractivity contribution in [1.82, 2.24) is 21.3 Å². The molecular weight excluding hydrogens is 580 g/mol. The first-order valence-electron chi connectivity index (χ1n) is 18.6. The maximum absolute atomic E-state index is 13.5. The van der Waals surface area contributed by atoms with E-state index in [4.69, 9.17) is 0 Å². The monoisotopic (exact) mass is 651 g/mol. The minimum Gasteiger partial charge on any atom is -0.356 e. The summed E-state index contributed by atoms with van der Waals surface area (Å²) < 4.78 is 0. The summed E-state index contributed by atoms with van der Waals surface area (Å²) in [5.74, 6) is -0.586. The highest BCUT2D eigenvalue weighted by Crippen LogP contribution is 2.13. The zero-order valence-corrected chi connectivity index (χ0v) is 30.6. The van der Waals surface area contributed by atoms with Crippen molar-refractivity contribution in [2.45, 2.75) is 176 Å². The third-order valence-electron chi connectivity index (χ3n) is 8.83. The Hall–Kier alpha value is -2.45. The summed E-state index contributed by atoms with van der Waals surface area (Å²) in [5.41, 5.74) is 0. The first-order valence-corrected chi connectivity index (χ1v) is 18.6. The molecule has 0 spiro atoms. The van der Waals surface area contributed by atoms with Crippen LogP contribution in [0.2, 0.25) is 0 Å². The van der Waals surface area contributed by atoms with Crippen molar-refractivity contribution in [3.63, 3.8) is 0 Å². The fourth-order valence-corrected chi connectivity index (χ4v) is 5.55. The number of unbranched alkanes of at least 4 members (excludes halogenated alkanes) is 7. The van der Waals surface area contributed by atoms with Gasteiger partial charge in [-0.3, -0.25) is 24.0 Å². The van der Waals surface area contributed by atoms with Crippen LogP contribution in [0.25, 0.3) is 0 Å². The van der Waals surface area contributed by atoms with Crippen LogP contribution in [0.15, 0.2) is 0 Å². The second kappa shape index (κ2) is 27.6. The lowest BCUT2D eigenvalue weighted by molar-refractivity contribution is -0.131. The zero-order valence-electron chi connectivity index (χ0n) is 30.6. The molecule has 0 aliphatic rings. The van der Waals surface area contributed by atoms with Crippen LogP contribution in [0.1, 0.15) is 164 Å². The van der Waals surface area contributed by atoms with Crippen molar-refractivity contribution in [1.29, 1.82) is 0 Å². The van der Waals surface area contributed by atoms with E-state index < -0.39 is 6.04 Å². The van der Waals surface area contributed by atoms with Crippen molar-refractivity contribution in [2.75, 3.05) is 13.1 Å². The van der Waals surface area contributed by atoms with Crippen molar-refractivity contribution >= 4 is 29.4 Å². The molecule has 0 aromatic carbocycles. The number of hydrogen-bond donors (Lipinski definition) is 4. The van der Waals surface area contributed by atoms with Gasteiger partial charge in [0.25, 0.3) is 0 Å². The Morgan fingerprint density at radius 3 is 1.37 bits per heavy atom. The van der Waals surface area contributed by atoms with E-state index in [2.05, 4.69) is 42.0 Å². The highest BCUT2D eigenvalue weighted by molar-refractivity contribution is 5.89. The molecule has 46 heavy (non-hydrogen) atoms. The predicted molar refractivity (Wildman–Crippen MR) is 188 cm³/mol. The Kier molecular flexibility index (Phi) is 26.2. The molecule has 9 heteroatoms. The number of rotatable bonds is 29. The third kappa shape index (κ3) is 22.1. The summed E-state index contributed by atoms with van der Waals surface area (Å²) in [6.07, 6.45) is 15.4. The molecule has 4 N–H and O–H groups in total. The average Bonchev–Trinajstić information content (AvgIpc) is 3.01. The van der Waals surface area contributed by atoms with Crippen LogP contribution in [0.3, 0.4) is 0 Å². The quantitative estimate of drug-likeness (QED) is 0.0664. The molecule has 4 amide bonds. The Labute approximate surface area is 281 Å². The number of carbonyl (C=O) groups excluding carboxylic acids is 5. The lowest BCUT2D eigenvalue weighted by atomic mass is 10.00. The molecule has 0 aromatic rings. The topological polar surface area (TPSA) is 133 Å². The van der Waals surface area contributed by atoms with E-state index in [1.54, 1.807) is 0 Å². The minimum atomic E-state index is -0.720. The third-order valence-corrected chi connectivity index (χ3v) is 8.83. The van der Waals surface area contributed by atoms with Gasteiger partial charge in [0.1, 0.15) is 11.8 Å². The molecule has 0 aliphatic carbocycles. The van der Waals surface area contributed by atoms with Gasteiger partial charge in [0.15, 0.2) is 0 Å². The van der Waals surface area contributed by atoms with Crippen LogP contribution in [0.5, 0.6) is 0 Å². The summed E-state index contributed by atoms with van der Waals surface area (Å²) in [4.78, 5) is 63.5. The lowest BCUT2D eigenvalue weighted by Gasteiger charge is -2.24. The fourth-order valence-electron chi connectivity index (χ4n) is 5.55. The molecule has 0 heterocycles. The minimum absolute atomic E-state index is 0.0146. The van der Waals surface area contributed by atoms with E-state index in [1.807, 2.05) is 20.8 Å². The molecule has 9 nitrogen and oxygen atoms in total. The number of carbonyl (C=O) groups is 5. The second-order valence-corrected chi connectivity index (χ2v) is 13.6. The number of ketones is 1. The van der Waals surface area contributed by atoms with Gasteiger partial charge in [0, 0.05) is 43.3 Å². The van der Waals surface area contributed by atoms with Gasteiger partial charge in [-0.15, -0.1) is 0 Å². The molecular formula is C37H70N4O5. The standard InChI is InChI=1S/C37H70N4O5/c1-8-11-14-20-28(4)34(43)38-25-18-17-24-33(41-36(45)30(6)22-16-13-10-3)37(46)40-32(27-31(7)42)23-19-26-39-35(44)29(5)21-15-12-9-2/h28-30,32-33H,8-27H2,1-7H3,(H,38,43)(H,39,44)(H,40,46)(H,41,45). The van der Waals surface area contributed by atoms with Gasteiger partial charge in [-0.05, 0) is 58.3 Å². The second-order valence-electron chi connectivity index (χ2n) is 13.6. The number of Topliss-reactive ketones (excluding diaryl/α,β-unsaturated/α-hetero) is 1. The van der Waals surface area contributed by atoms with Gasteiger partial charge in [-0.1, -0.05) is 99.3 Å². The molecule has 0 saturated heterocycles. The highest BCUT2D eigenvalue weighted by Gasteiger charge is 2.26. The van der Waals surface area contributed by atoms with Crippen LogP contribution >= 0.6 is 0 Å². The zero-order chi connectivity index (χ0) is 34.7. The van der Waals surface area contributed by atoms with Crippen molar-refractivity contribution in [3.8, 4) is 0 Å². The molecule has 5 unspecified atom stereocenters. The number of hydrogen-bond acceptors (Lipinski definition) is 5. The summed E-state index contributed by atoms with van der Waals surface area (Å²) in [6, 6.07) is -1.10. The number of nitrogens with one attached hydrogen (secondary N) is 4. The summed E-state index contributed by atoms with van der Waals surface area (Å²) in [5, 5.41) is 12.0. The highest BCUT2D eigenvalue weighted by atomic mass is 16.2. The Balaban J connectivity index is 5.14. The molecule has 0 fully saturated rings. The van der Waals surface area contributed by atoms with E-state index in [1.165, 1.54) is 6.92 Å². The normalized spacial score (nSPS) is 14.4. The van der Waals surface area contributed by atoms with Crippen LogP contribution in [-0.4, -0.2) is 54.6 Å². The van der Waals surface area contributed by atoms with Crippen LogP contribution in [0.4, 0.5) is 0 Å². The molecule has 0 saturated carbocycles. The summed E-state index contributed by atoms with van der Waals surface area (Å²) >= 11 is 0. The first kappa shape index (κ1) is 43.5. The largest absolute Gasteiger partial charge is 0.356 e. The smallest absolute Gasteiger partial charge is 0.242 e. The Morgan fingerprint density at radius 2 is 0.913 bits per heavy atom. The van der Waals surface area contributed by atoms with Crippen molar-refractivity contribution < 1.29 is 24.0 Å². The van der Waals surface area contributed by atoms with Crippen molar-refractivity contribution in [2.24, 2.45) is 17.8 Å². The van der Waals surface area contributed by atoms with Gasteiger partial charge in [0.05, 0.1) is 0 Å². The SMILES string of the molecule is CCCCCC(C)C(=O)NCCCCC(NC(=O)C(C)CCCCC)C(=O)NC(CCCNC(=O)C(C)CCCCC)CC(C)=O. The molecule has 0 rings (SSSR count). The number of amides is 4. The maximum Gasteiger partial charge on any atom is 0.242 e. The van der Waals surface area contributed by atoms with Gasteiger partial charge in [0.2, 0.25) is 23.6 Å². The Morgan fingerprint density at radius 1 is 0.478 bits per heavy atom. The van der Waals surface area contributed by atoms with Gasteiger partial charge in [-0.2, -0.15) is 0 Å².